The lowest BCUT2D eigenvalue weighted by Crippen LogP contribution is -2.40. The average molecular weight is 457 g/mol. The first-order valence-electron chi connectivity index (χ1n) is 9.97. The third-order valence-electron chi connectivity index (χ3n) is 4.86. The predicted octanol–water partition coefficient (Wildman–Crippen LogP) is 3.46. The number of benzene rings is 1. The molecular weight excluding hydrogens is 433 g/mol. The van der Waals surface area contributed by atoms with Crippen LogP contribution in [0.1, 0.15) is 12.0 Å². The van der Waals surface area contributed by atoms with Crippen molar-refractivity contribution in [2.75, 3.05) is 50.8 Å². The van der Waals surface area contributed by atoms with Gasteiger partial charge in [0.25, 0.3) is 0 Å². The van der Waals surface area contributed by atoms with Crippen LogP contribution in [0.5, 0.6) is 5.75 Å². The quantitative estimate of drug-likeness (QED) is 0.647. The Morgan fingerprint density at radius 2 is 1.87 bits per heavy atom. The summed E-state index contributed by atoms with van der Waals surface area (Å²) in [7, 11) is 0. The Morgan fingerprint density at radius 1 is 1.10 bits per heavy atom. The summed E-state index contributed by atoms with van der Waals surface area (Å²) in [6, 6.07) is 9.43. The first kappa shape index (κ1) is 23.1. The zero-order valence-electron chi connectivity index (χ0n) is 16.9. The summed E-state index contributed by atoms with van der Waals surface area (Å²) in [6.45, 7) is 3.60. The van der Waals surface area contributed by atoms with Crippen LogP contribution in [0.4, 0.5) is 19.0 Å². The van der Waals surface area contributed by atoms with E-state index in [1.54, 1.807) is 24.3 Å². The fourth-order valence-electron chi connectivity index (χ4n) is 3.25. The van der Waals surface area contributed by atoms with Crippen LogP contribution in [0.15, 0.2) is 42.6 Å². The first-order chi connectivity index (χ1) is 14.8. The van der Waals surface area contributed by atoms with Crippen molar-refractivity contribution >= 4 is 23.3 Å². The highest BCUT2D eigenvalue weighted by Crippen LogP contribution is 2.29. The number of ether oxygens (including phenoxy) is 1. The molecule has 0 radical (unpaired) electrons. The summed E-state index contributed by atoms with van der Waals surface area (Å²) in [4.78, 5) is 20.1. The molecule has 31 heavy (non-hydrogen) atoms. The number of carbonyl (C=O) groups is 1. The van der Waals surface area contributed by atoms with Crippen molar-refractivity contribution in [1.82, 2.24) is 15.2 Å². The molecule has 1 aromatic carbocycles. The van der Waals surface area contributed by atoms with Crippen molar-refractivity contribution in [3.8, 4) is 5.75 Å². The van der Waals surface area contributed by atoms with E-state index in [2.05, 4.69) is 10.3 Å². The minimum Gasteiger partial charge on any atom is -0.492 e. The Kier molecular flexibility index (Phi) is 7.97. The number of halogens is 4. The molecule has 1 amide bonds. The van der Waals surface area contributed by atoms with Gasteiger partial charge in [-0.25, -0.2) is 4.98 Å². The van der Waals surface area contributed by atoms with Crippen LogP contribution in [0.25, 0.3) is 0 Å². The number of nitrogens with one attached hydrogen (secondary N) is 1. The van der Waals surface area contributed by atoms with Gasteiger partial charge in [-0.2, -0.15) is 13.2 Å². The maximum absolute atomic E-state index is 12.7. The molecule has 0 unspecified atom stereocenters. The fraction of sp³-hybridized carbons (Fsp3) is 0.429. The Morgan fingerprint density at radius 3 is 2.55 bits per heavy atom. The molecule has 0 saturated carbocycles. The molecule has 1 aliphatic rings. The van der Waals surface area contributed by atoms with Gasteiger partial charge in [0, 0.05) is 37.4 Å². The molecule has 3 rings (SSSR count). The lowest BCUT2D eigenvalue weighted by Gasteiger charge is -2.22. The van der Waals surface area contributed by atoms with Gasteiger partial charge < -0.3 is 15.0 Å². The number of amides is 1. The lowest BCUT2D eigenvalue weighted by atomic mass is 10.2. The van der Waals surface area contributed by atoms with E-state index in [0.29, 0.717) is 49.4 Å². The van der Waals surface area contributed by atoms with Crippen molar-refractivity contribution < 1.29 is 22.7 Å². The second-order valence-corrected chi connectivity index (χ2v) is 7.61. The highest BCUT2D eigenvalue weighted by atomic mass is 35.5. The van der Waals surface area contributed by atoms with Gasteiger partial charge in [0.05, 0.1) is 18.7 Å². The third kappa shape index (κ3) is 7.29. The number of rotatable bonds is 7. The van der Waals surface area contributed by atoms with E-state index in [1.165, 1.54) is 6.07 Å². The van der Waals surface area contributed by atoms with Gasteiger partial charge >= 0.3 is 6.18 Å². The fourth-order valence-corrected chi connectivity index (χ4v) is 3.37. The van der Waals surface area contributed by atoms with Gasteiger partial charge in [-0.15, -0.1) is 0 Å². The van der Waals surface area contributed by atoms with Crippen LogP contribution in [-0.4, -0.2) is 61.7 Å². The van der Waals surface area contributed by atoms with Gasteiger partial charge in [0.15, 0.2) is 0 Å². The Balaban J connectivity index is 1.39. The molecule has 0 aliphatic carbocycles. The van der Waals surface area contributed by atoms with Gasteiger partial charge in [-0.3, -0.25) is 9.69 Å². The highest BCUT2D eigenvalue weighted by Gasteiger charge is 2.31. The molecule has 168 valence electrons. The number of aromatic nitrogens is 1. The predicted molar refractivity (Wildman–Crippen MR) is 112 cm³/mol. The first-order valence-corrected chi connectivity index (χ1v) is 10.3. The molecule has 0 bridgehead atoms. The van der Waals surface area contributed by atoms with Gasteiger partial charge in [0.1, 0.15) is 18.2 Å². The number of carbonyl (C=O) groups excluding carboxylic acids is 1. The number of pyridine rings is 1. The number of hydrogen-bond donors (Lipinski definition) is 1. The molecule has 0 spiro atoms. The number of hydrogen-bond acceptors (Lipinski definition) is 5. The lowest BCUT2D eigenvalue weighted by molar-refractivity contribution is -0.137. The van der Waals surface area contributed by atoms with E-state index >= 15 is 0 Å². The molecule has 2 aromatic rings. The van der Waals surface area contributed by atoms with Crippen LogP contribution < -0.4 is 15.0 Å². The van der Waals surface area contributed by atoms with Crippen molar-refractivity contribution in [1.29, 1.82) is 0 Å². The maximum atomic E-state index is 12.7. The minimum atomic E-state index is -4.39. The highest BCUT2D eigenvalue weighted by molar-refractivity contribution is 6.30. The van der Waals surface area contributed by atoms with Gasteiger partial charge in [0.2, 0.25) is 5.91 Å². The summed E-state index contributed by atoms with van der Waals surface area (Å²) in [5.74, 6) is 1.10. The van der Waals surface area contributed by atoms with Crippen LogP contribution in [0.3, 0.4) is 0 Å². The van der Waals surface area contributed by atoms with Crippen molar-refractivity contribution in [2.45, 2.75) is 12.6 Å². The number of anilines is 1. The van der Waals surface area contributed by atoms with Crippen LogP contribution >= 0.6 is 11.6 Å². The van der Waals surface area contributed by atoms with Crippen LogP contribution in [-0.2, 0) is 11.0 Å². The standard InChI is InChI=1S/C21H24ClF3N4O2/c22-17-3-5-18(6-4-17)31-13-8-26-20(30)15-28-9-1-10-29(12-11-28)19-7-2-16(14-27-19)21(23,24)25/h2-7,14H,1,8-13,15H2,(H,26,30). The Labute approximate surface area is 183 Å². The van der Waals surface area contributed by atoms with E-state index in [0.717, 1.165) is 25.2 Å². The van der Waals surface area contributed by atoms with Crippen molar-refractivity contribution in [3.63, 3.8) is 0 Å². The maximum Gasteiger partial charge on any atom is 0.417 e. The zero-order valence-corrected chi connectivity index (χ0v) is 17.6. The molecule has 2 heterocycles. The molecule has 1 aromatic heterocycles. The normalized spacial score (nSPS) is 15.4. The van der Waals surface area contributed by atoms with E-state index in [1.807, 2.05) is 9.80 Å². The molecule has 0 atom stereocenters. The third-order valence-corrected chi connectivity index (χ3v) is 5.11. The largest absolute Gasteiger partial charge is 0.492 e. The molecule has 1 fully saturated rings. The number of alkyl halides is 3. The summed E-state index contributed by atoms with van der Waals surface area (Å²) in [5.41, 5.74) is -0.760. The zero-order chi connectivity index (χ0) is 22.3. The minimum absolute atomic E-state index is 0.0965. The molecule has 1 N–H and O–H groups in total. The summed E-state index contributed by atoms with van der Waals surface area (Å²) < 4.78 is 43.6. The monoisotopic (exact) mass is 456 g/mol. The second-order valence-electron chi connectivity index (χ2n) is 7.17. The molecule has 1 aliphatic heterocycles. The van der Waals surface area contributed by atoms with Gasteiger partial charge in [-0.05, 0) is 42.8 Å². The Hall–Kier alpha value is -2.52. The topological polar surface area (TPSA) is 57.7 Å². The summed E-state index contributed by atoms with van der Waals surface area (Å²) >= 11 is 5.82. The second kappa shape index (κ2) is 10.7. The van der Waals surface area contributed by atoms with Crippen LogP contribution in [0, 0.1) is 0 Å². The molecule has 6 nitrogen and oxygen atoms in total. The molecule has 1 saturated heterocycles. The Bertz CT molecular complexity index is 847. The van der Waals surface area contributed by atoms with E-state index in [4.69, 9.17) is 16.3 Å². The SMILES string of the molecule is O=C(CN1CCCN(c2ccc(C(F)(F)F)cn2)CC1)NCCOc1ccc(Cl)cc1. The van der Waals surface area contributed by atoms with E-state index < -0.39 is 11.7 Å². The summed E-state index contributed by atoms with van der Waals surface area (Å²) in [5, 5.41) is 3.46. The van der Waals surface area contributed by atoms with E-state index in [-0.39, 0.29) is 12.5 Å². The molecular formula is C21H24ClF3N4O2. The van der Waals surface area contributed by atoms with Gasteiger partial charge in [-0.1, -0.05) is 11.6 Å². The summed E-state index contributed by atoms with van der Waals surface area (Å²) in [6.07, 6.45) is -2.75. The number of nitrogens with zero attached hydrogens (tertiary/aromatic N) is 3. The smallest absolute Gasteiger partial charge is 0.417 e. The molecule has 10 heteroatoms. The van der Waals surface area contributed by atoms with Crippen molar-refractivity contribution in [2.24, 2.45) is 0 Å². The van der Waals surface area contributed by atoms with Crippen molar-refractivity contribution in [3.05, 3.63) is 53.2 Å². The average Bonchev–Trinajstić information content (AvgIpc) is 2.97. The van der Waals surface area contributed by atoms with E-state index in [9.17, 15) is 18.0 Å². The van der Waals surface area contributed by atoms with Crippen LogP contribution in [0.2, 0.25) is 5.02 Å².